The van der Waals surface area contributed by atoms with Gasteiger partial charge in [0.2, 0.25) is 5.96 Å². The second kappa shape index (κ2) is 5.95. The summed E-state index contributed by atoms with van der Waals surface area (Å²) in [5.41, 5.74) is 2.74. The summed E-state index contributed by atoms with van der Waals surface area (Å²) >= 11 is 0. The molecule has 0 aromatic rings. The lowest BCUT2D eigenvalue weighted by molar-refractivity contribution is 0.365. The van der Waals surface area contributed by atoms with Crippen LogP contribution in [0, 0.1) is 5.92 Å². The smallest absolute Gasteiger partial charge is 0.208 e. The van der Waals surface area contributed by atoms with Crippen molar-refractivity contribution in [2.45, 2.75) is 46.1 Å². The standard InChI is InChI=1S/C11H24N4/c1-4-10-6-5-7-15(10)11(14-12)13-8-9(2)3/h9-10H,4-8,12H2,1-3H3,(H,13,14). The van der Waals surface area contributed by atoms with E-state index in [1.807, 2.05) is 0 Å². The molecular weight excluding hydrogens is 188 g/mol. The number of guanidine groups is 1. The average molecular weight is 212 g/mol. The third-order valence-corrected chi connectivity index (χ3v) is 2.86. The van der Waals surface area contributed by atoms with Crippen LogP contribution < -0.4 is 11.3 Å². The van der Waals surface area contributed by atoms with Gasteiger partial charge in [0.25, 0.3) is 0 Å². The second-order valence-corrected chi connectivity index (χ2v) is 4.60. The summed E-state index contributed by atoms with van der Waals surface area (Å²) in [6, 6.07) is 0.618. The Kier molecular flexibility index (Phi) is 4.88. The Morgan fingerprint density at radius 2 is 2.33 bits per heavy atom. The lowest BCUT2D eigenvalue weighted by Crippen LogP contribution is -2.47. The molecular formula is C11H24N4. The molecule has 0 aromatic heterocycles. The third kappa shape index (κ3) is 3.38. The van der Waals surface area contributed by atoms with Gasteiger partial charge in [-0.3, -0.25) is 10.4 Å². The van der Waals surface area contributed by atoms with E-state index in [-0.39, 0.29) is 0 Å². The Balaban J connectivity index is 2.60. The van der Waals surface area contributed by atoms with Crippen molar-refractivity contribution in [3.63, 3.8) is 0 Å². The van der Waals surface area contributed by atoms with Crippen LogP contribution in [0.1, 0.15) is 40.0 Å². The Morgan fingerprint density at radius 3 is 2.87 bits per heavy atom. The maximum atomic E-state index is 5.53. The highest BCUT2D eigenvalue weighted by Gasteiger charge is 2.25. The van der Waals surface area contributed by atoms with Gasteiger partial charge in [0.15, 0.2) is 0 Å². The first kappa shape index (κ1) is 12.3. The van der Waals surface area contributed by atoms with Gasteiger partial charge in [0.1, 0.15) is 0 Å². The number of hydrogen-bond donors (Lipinski definition) is 2. The van der Waals surface area contributed by atoms with Gasteiger partial charge in [-0.15, -0.1) is 0 Å². The SMILES string of the molecule is CCC1CCCN1C(=NCC(C)C)NN. The number of hydrogen-bond acceptors (Lipinski definition) is 2. The first-order valence-electron chi connectivity index (χ1n) is 5.96. The molecule has 0 spiro atoms. The maximum absolute atomic E-state index is 5.53. The molecule has 1 heterocycles. The zero-order valence-corrected chi connectivity index (χ0v) is 10.2. The fourth-order valence-corrected chi connectivity index (χ4v) is 2.03. The fraction of sp³-hybridized carbons (Fsp3) is 0.909. The molecule has 1 aliphatic heterocycles. The summed E-state index contributed by atoms with van der Waals surface area (Å²) in [7, 11) is 0. The van der Waals surface area contributed by atoms with Gasteiger partial charge in [-0.1, -0.05) is 20.8 Å². The summed E-state index contributed by atoms with van der Waals surface area (Å²) in [5, 5.41) is 0. The summed E-state index contributed by atoms with van der Waals surface area (Å²) in [6.45, 7) is 8.48. The van der Waals surface area contributed by atoms with E-state index in [9.17, 15) is 0 Å². The summed E-state index contributed by atoms with van der Waals surface area (Å²) in [4.78, 5) is 6.84. The Bertz CT molecular complexity index is 213. The van der Waals surface area contributed by atoms with Gasteiger partial charge in [-0.05, 0) is 25.2 Å². The minimum absolute atomic E-state index is 0.580. The molecule has 1 atom stereocenters. The number of nitrogens with one attached hydrogen (secondary N) is 1. The van der Waals surface area contributed by atoms with Crippen LogP contribution in [0.15, 0.2) is 4.99 Å². The Morgan fingerprint density at radius 1 is 1.60 bits per heavy atom. The van der Waals surface area contributed by atoms with Crippen molar-refractivity contribution in [3.8, 4) is 0 Å². The van der Waals surface area contributed by atoms with Crippen molar-refractivity contribution in [1.82, 2.24) is 10.3 Å². The molecule has 1 unspecified atom stereocenters. The van der Waals surface area contributed by atoms with Gasteiger partial charge in [0.05, 0.1) is 0 Å². The highest BCUT2D eigenvalue weighted by molar-refractivity contribution is 5.80. The zero-order valence-electron chi connectivity index (χ0n) is 10.2. The molecule has 4 nitrogen and oxygen atoms in total. The molecule has 88 valence electrons. The second-order valence-electron chi connectivity index (χ2n) is 4.60. The molecule has 4 heteroatoms. The molecule has 0 saturated carbocycles. The lowest BCUT2D eigenvalue weighted by Gasteiger charge is -2.26. The van der Waals surface area contributed by atoms with E-state index in [1.54, 1.807) is 0 Å². The van der Waals surface area contributed by atoms with E-state index in [0.29, 0.717) is 12.0 Å². The number of likely N-dealkylation sites (tertiary alicyclic amines) is 1. The number of aliphatic imine (C=N–C) groups is 1. The number of nitrogens with two attached hydrogens (primary N) is 1. The van der Waals surface area contributed by atoms with Gasteiger partial charge < -0.3 is 4.90 Å². The highest BCUT2D eigenvalue weighted by atomic mass is 15.4. The lowest BCUT2D eigenvalue weighted by atomic mass is 10.2. The summed E-state index contributed by atoms with van der Waals surface area (Å²) < 4.78 is 0. The van der Waals surface area contributed by atoms with E-state index in [2.05, 4.69) is 36.1 Å². The Labute approximate surface area is 92.9 Å². The molecule has 1 fully saturated rings. The van der Waals surface area contributed by atoms with Gasteiger partial charge in [-0.2, -0.15) is 0 Å². The quantitative estimate of drug-likeness (QED) is 0.321. The van der Waals surface area contributed by atoms with Crippen molar-refractivity contribution in [2.75, 3.05) is 13.1 Å². The third-order valence-electron chi connectivity index (χ3n) is 2.86. The first-order valence-corrected chi connectivity index (χ1v) is 5.96. The molecule has 0 aromatic carbocycles. The molecule has 0 amide bonds. The molecule has 1 saturated heterocycles. The van der Waals surface area contributed by atoms with Crippen molar-refractivity contribution >= 4 is 5.96 Å². The Hall–Kier alpha value is -0.770. The molecule has 3 N–H and O–H groups in total. The first-order chi connectivity index (χ1) is 7.19. The average Bonchev–Trinajstić information content (AvgIpc) is 2.66. The van der Waals surface area contributed by atoms with Crippen LogP contribution in [0.4, 0.5) is 0 Å². The van der Waals surface area contributed by atoms with E-state index < -0.39 is 0 Å². The molecule has 15 heavy (non-hydrogen) atoms. The topological polar surface area (TPSA) is 53.6 Å². The zero-order chi connectivity index (χ0) is 11.3. The minimum atomic E-state index is 0.580. The van der Waals surface area contributed by atoms with Crippen molar-refractivity contribution in [3.05, 3.63) is 0 Å². The van der Waals surface area contributed by atoms with Gasteiger partial charge in [-0.25, -0.2) is 5.84 Å². The van der Waals surface area contributed by atoms with Gasteiger partial charge >= 0.3 is 0 Å². The monoisotopic (exact) mass is 212 g/mol. The van der Waals surface area contributed by atoms with Crippen LogP contribution in [0.3, 0.4) is 0 Å². The van der Waals surface area contributed by atoms with Crippen molar-refractivity contribution in [1.29, 1.82) is 0 Å². The van der Waals surface area contributed by atoms with Crippen molar-refractivity contribution < 1.29 is 0 Å². The van der Waals surface area contributed by atoms with Crippen LogP contribution >= 0.6 is 0 Å². The normalized spacial score (nSPS) is 22.6. The van der Waals surface area contributed by atoms with Crippen molar-refractivity contribution in [2.24, 2.45) is 16.8 Å². The summed E-state index contributed by atoms with van der Waals surface area (Å²) in [5.74, 6) is 6.98. The highest BCUT2D eigenvalue weighted by Crippen LogP contribution is 2.19. The predicted octanol–water partition coefficient (Wildman–Crippen LogP) is 1.34. The predicted molar refractivity (Wildman–Crippen MR) is 64.5 cm³/mol. The molecule has 1 aliphatic rings. The van der Waals surface area contributed by atoms with E-state index in [4.69, 9.17) is 5.84 Å². The van der Waals surface area contributed by atoms with Crippen LogP contribution in [0.25, 0.3) is 0 Å². The van der Waals surface area contributed by atoms with E-state index in [1.165, 1.54) is 19.3 Å². The van der Waals surface area contributed by atoms with Crippen LogP contribution in [0.5, 0.6) is 0 Å². The molecule has 1 rings (SSSR count). The van der Waals surface area contributed by atoms with Crippen LogP contribution in [-0.4, -0.2) is 30.0 Å². The van der Waals surface area contributed by atoms with Crippen LogP contribution in [-0.2, 0) is 0 Å². The molecule has 0 bridgehead atoms. The maximum Gasteiger partial charge on any atom is 0.208 e. The van der Waals surface area contributed by atoms with E-state index in [0.717, 1.165) is 19.0 Å². The van der Waals surface area contributed by atoms with Crippen LogP contribution in [0.2, 0.25) is 0 Å². The van der Waals surface area contributed by atoms with Gasteiger partial charge in [0, 0.05) is 19.1 Å². The number of nitrogens with zero attached hydrogens (tertiary/aromatic N) is 2. The molecule has 0 radical (unpaired) electrons. The number of rotatable bonds is 3. The fourth-order valence-electron chi connectivity index (χ4n) is 2.03. The molecule has 0 aliphatic carbocycles. The largest absolute Gasteiger partial charge is 0.339 e. The number of hydrazine groups is 1. The minimum Gasteiger partial charge on any atom is -0.339 e. The summed E-state index contributed by atoms with van der Waals surface area (Å²) in [6.07, 6.45) is 3.68. The van der Waals surface area contributed by atoms with E-state index >= 15 is 0 Å².